The minimum atomic E-state index is -0.431. The summed E-state index contributed by atoms with van der Waals surface area (Å²) < 4.78 is 5.01. The molecule has 104 valence electrons. The second-order valence-electron chi connectivity index (χ2n) is 4.13. The molecule has 2 rings (SSSR count). The van der Waals surface area contributed by atoms with Crippen LogP contribution in [0.4, 0.5) is 11.4 Å². The Kier molecular flexibility index (Phi) is 4.05. The first-order chi connectivity index (χ1) is 9.61. The SMILES string of the molecule is COc1cc(CNc2ccccc2[N+](=O)[O-])ccc1O. The van der Waals surface area contributed by atoms with E-state index in [9.17, 15) is 15.2 Å². The first-order valence-electron chi connectivity index (χ1n) is 5.95. The van der Waals surface area contributed by atoms with Gasteiger partial charge >= 0.3 is 0 Å². The summed E-state index contributed by atoms with van der Waals surface area (Å²) >= 11 is 0. The van der Waals surface area contributed by atoms with E-state index in [-0.39, 0.29) is 11.4 Å². The van der Waals surface area contributed by atoms with Gasteiger partial charge in [0.25, 0.3) is 5.69 Å². The molecule has 2 N–H and O–H groups in total. The predicted octanol–water partition coefficient (Wildman–Crippen LogP) is 2.92. The summed E-state index contributed by atoms with van der Waals surface area (Å²) in [7, 11) is 1.47. The molecule has 0 saturated carbocycles. The summed E-state index contributed by atoms with van der Waals surface area (Å²) in [4.78, 5) is 10.5. The van der Waals surface area contributed by atoms with E-state index in [0.29, 0.717) is 18.0 Å². The number of anilines is 1. The van der Waals surface area contributed by atoms with Gasteiger partial charge in [0.2, 0.25) is 0 Å². The monoisotopic (exact) mass is 274 g/mol. The Morgan fingerprint density at radius 2 is 2.05 bits per heavy atom. The molecule has 0 fully saturated rings. The lowest BCUT2D eigenvalue weighted by molar-refractivity contribution is -0.384. The molecule has 0 bridgehead atoms. The van der Waals surface area contributed by atoms with Gasteiger partial charge in [0, 0.05) is 12.6 Å². The molecule has 0 aliphatic rings. The lowest BCUT2D eigenvalue weighted by Gasteiger charge is -2.09. The number of hydrogen-bond donors (Lipinski definition) is 2. The van der Waals surface area contributed by atoms with Gasteiger partial charge in [0.15, 0.2) is 11.5 Å². The number of nitro benzene ring substituents is 1. The van der Waals surface area contributed by atoms with Crippen LogP contribution in [0.5, 0.6) is 11.5 Å². The molecule has 20 heavy (non-hydrogen) atoms. The van der Waals surface area contributed by atoms with Crippen molar-refractivity contribution in [3.05, 3.63) is 58.1 Å². The van der Waals surface area contributed by atoms with E-state index >= 15 is 0 Å². The van der Waals surface area contributed by atoms with Crippen LogP contribution in [-0.4, -0.2) is 17.1 Å². The van der Waals surface area contributed by atoms with Crippen LogP contribution in [-0.2, 0) is 6.54 Å². The normalized spacial score (nSPS) is 10.1. The summed E-state index contributed by atoms with van der Waals surface area (Å²) in [6, 6.07) is 11.4. The highest BCUT2D eigenvalue weighted by Gasteiger charge is 2.12. The number of methoxy groups -OCH3 is 1. The Balaban J connectivity index is 2.15. The van der Waals surface area contributed by atoms with Crippen LogP contribution in [0.1, 0.15) is 5.56 Å². The highest BCUT2D eigenvalue weighted by Crippen LogP contribution is 2.28. The van der Waals surface area contributed by atoms with Crippen molar-refractivity contribution in [3.8, 4) is 11.5 Å². The number of phenols is 1. The summed E-state index contributed by atoms with van der Waals surface area (Å²) in [5.74, 6) is 0.425. The largest absolute Gasteiger partial charge is 0.504 e. The first kappa shape index (κ1) is 13.7. The van der Waals surface area contributed by atoms with Gasteiger partial charge in [0.1, 0.15) is 5.69 Å². The van der Waals surface area contributed by atoms with Crippen LogP contribution >= 0.6 is 0 Å². The molecule has 6 nitrogen and oxygen atoms in total. The van der Waals surface area contributed by atoms with Gasteiger partial charge in [-0.3, -0.25) is 10.1 Å². The van der Waals surface area contributed by atoms with Crippen LogP contribution in [0.15, 0.2) is 42.5 Å². The standard InChI is InChI=1S/C14H14N2O4/c1-20-14-8-10(6-7-13(14)17)9-15-11-4-2-3-5-12(11)16(18)19/h2-8,15,17H,9H2,1H3. The van der Waals surface area contributed by atoms with Crippen LogP contribution in [0.3, 0.4) is 0 Å². The summed E-state index contributed by atoms with van der Waals surface area (Å²) in [5, 5.41) is 23.4. The number of para-hydroxylation sites is 2. The molecule has 0 aliphatic carbocycles. The number of rotatable bonds is 5. The van der Waals surface area contributed by atoms with Gasteiger partial charge in [-0.05, 0) is 23.8 Å². The Morgan fingerprint density at radius 1 is 1.30 bits per heavy atom. The fourth-order valence-corrected chi connectivity index (χ4v) is 1.81. The number of phenolic OH excluding ortho intramolecular Hbond substituents is 1. The first-order valence-corrected chi connectivity index (χ1v) is 5.95. The van der Waals surface area contributed by atoms with Gasteiger partial charge in [0.05, 0.1) is 12.0 Å². The number of benzene rings is 2. The van der Waals surface area contributed by atoms with Crippen LogP contribution < -0.4 is 10.1 Å². The quantitative estimate of drug-likeness (QED) is 0.646. The van der Waals surface area contributed by atoms with Crippen molar-refractivity contribution >= 4 is 11.4 Å². The Hall–Kier alpha value is -2.76. The summed E-state index contributed by atoms with van der Waals surface area (Å²) in [6.07, 6.45) is 0. The second kappa shape index (κ2) is 5.92. The van der Waals surface area contributed by atoms with Crippen molar-refractivity contribution in [1.29, 1.82) is 0 Å². The third-order valence-corrected chi connectivity index (χ3v) is 2.83. The van der Waals surface area contributed by atoms with Gasteiger partial charge in [-0.2, -0.15) is 0 Å². The van der Waals surface area contributed by atoms with E-state index in [1.165, 1.54) is 19.2 Å². The fraction of sp³-hybridized carbons (Fsp3) is 0.143. The van der Waals surface area contributed by atoms with Gasteiger partial charge in [-0.1, -0.05) is 18.2 Å². The smallest absolute Gasteiger partial charge is 0.292 e. The summed E-state index contributed by atoms with van der Waals surface area (Å²) in [5.41, 5.74) is 1.32. The second-order valence-corrected chi connectivity index (χ2v) is 4.13. The molecule has 0 aromatic heterocycles. The molecule has 0 amide bonds. The zero-order valence-corrected chi connectivity index (χ0v) is 10.9. The zero-order chi connectivity index (χ0) is 14.5. The van der Waals surface area contributed by atoms with Crippen molar-refractivity contribution in [2.45, 2.75) is 6.54 Å². The number of nitrogens with one attached hydrogen (secondary N) is 1. The third-order valence-electron chi connectivity index (χ3n) is 2.83. The number of aromatic hydroxyl groups is 1. The fourth-order valence-electron chi connectivity index (χ4n) is 1.81. The zero-order valence-electron chi connectivity index (χ0n) is 10.9. The molecule has 0 spiro atoms. The highest BCUT2D eigenvalue weighted by molar-refractivity contribution is 5.61. The van der Waals surface area contributed by atoms with E-state index in [4.69, 9.17) is 4.74 Å². The molecule has 0 saturated heterocycles. The molecule has 0 atom stereocenters. The number of nitro groups is 1. The van der Waals surface area contributed by atoms with E-state index in [2.05, 4.69) is 5.32 Å². The molecule has 0 unspecified atom stereocenters. The van der Waals surface area contributed by atoms with Gasteiger partial charge < -0.3 is 15.2 Å². The molecule has 6 heteroatoms. The predicted molar refractivity (Wildman–Crippen MR) is 75.1 cm³/mol. The van der Waals surface area contributed by atoms with Gasteiger partial charge in [-0.15, -0.1) is 0 Å². The number of nitrogens with zero attached hydrogens (tertiary/aromatic N) is 1. The molecule has 0 aliphatic heterocycles. The molecular formula is C14H14N2O4. The van der Waals surface area contributed by atoms with E-state index in [1.54, 1.807) is 30.3 Å². The van der Waals surface area contributed by atoms with E-state index in [0.717, 1.165) is 5.56 Å². The van der Waals surface area contributed by atoms with E-state index in [1.807, 2.05) is 0 Å². The average Bonchev–Trinajstić information content (AvgIpc) is 2.46. The average molecular weight is 274 g/mol. The van der Waals surface area contributed by atoms with Crippen molar-refractivity contribution < 1.29 is 14.8 Å². The Labute approximate surface area is 115 Å². The maximum absolute atomic E-state index is 10.9. The van der Waals surface area contributed by atoms with Crippen molar-refractivity contribution in [3.63, 3.8) is 0 Å². The topological polar surface area (TPSA) is 84.6 Å². The molecule has 0 heterocycles. The lowest BCUT2D eigenvalue weighted by Crippen LogP contribution is -2.02. The van der Waals surface area contributed by atoms with Crippen LogP contribution in [0.25, 0.3) is 0 Å². The van der Waals surface area contributed by atoms with Gasteiger partial charge in [-0.25, -0.2) is 0 Å². The molecular weight excluding hydrogens is 260 g/mol. The number of hydrogen-bond acceptors (Lipinski definition) is 5. The van der Waals surface area contributed by atoms with E-state index < -0.39 is 4.92 Å². The molecule has 2 aromatic rings. The Morgan fingerprint density at radius 3 is 2.75 bits per heavy atom. The minimum absolute atomic E-state index is 0.0262. The highest BCUT2D eigenvalue weighted by atomic mass is 16.6. The molecule has 0 radical (unpaired) electrons. The van der Waals surface area contributed by atoms with Crippen molar-refractivity contribution in [2.24, 2.45) is 0 Å². The van der Waals surface area contributed by atoms with Crippen molar-refractivity contribution in [2.75, 3.05) is 12.4 Å². The molecule has 2 aromatic carbocycles. The van der Waals surface area contributed by atoms with Crippen molar-refractivity contribution in [1.82, 2.24) is 0 Å². The minimum Gasteiger partial charge on any atom is -0.504 e. The summed E-state index contributed by atoms with van der Waals surface area (Å²) in [6.45, 7) is 0.390. The Bertz CT molecular complexity index is 628. The van der Waals surface area contributed by atoms with Crippen LogP contribution in [0.2, 0.25) is 0 Å². The third kappa shape index (κ3) is 2.97. The maximum Gasteiger partial charge on any atom is 0.292 e. The number of ether oxygens (including phenoxy) is 1. The lowest BCUT2D eigenvalue weighted by atomic mass is 10.2. The maximum atomic E-state index is 10.9. The van der Waals surface area contributed by atoms with Crippen LogP contribution in [0, 0.1) is 10.1 Å².